The Balaban J connectivity index is 0.00000256. The van der Waals surface area contributed by atoms with Gasteiger partial charge in [0.05, 0.1) is 12.6 Å². The standard InChI is InChI=1S/C11H13ClFNO2.ClH/c1-2-16-11(15)9(13)10(14)7-3-5-8(12)6-4-7;/h3-6,9-10H,2,14H2,1H3;1H/t9?,10-;/m0./s1. The lowest BCUT2D eigenvalue weighted by Crippen LogP contribution is -2.31. The monoisotopic (exact) mass is 281 g/mol. The Morgan fingerprint density at radius 1 is 1.47 bits per heavy atom. The van der Waals surface area contributed by atoms with Gasteiger partial charge in [0.2, 0.25) is 6.17 Å². The zero-order chi connectivity index (χ0) is 12.1. The van der Waals surface area contributed by atoms with E-state index >= 15 is 0 Å². The number of ether oxygens (including phenoxy) is 1. The first-order chi connectivity index (χ1) is 7.56. The molecule has 0 spiro atoms. The molecule has 0 aliphatic carbocycles. The molecular weight excluding hydrogens is 268 g/mol. The molecule has 0 heterocycles. The van der Waals surface area contributed by atoms with E-state index < -0.39 is 18.2 Å². The second-order valence-corrected chi connectivity index (χ2v) is 3.67. The number of halogens is 3. The largest absolute Gasteiger partial charge is 0.464 e. The number of nitrogens with two attached hydrogens (primary N) is 1. The maximum atomic E-state index is 13.5. The highest BCUT2D eigenvalue weighted by Gasteiger charge is 2.27. The second-order valence-electron chi connectivity index (χ2n) is 3.23. The predicted octanol–water partition coefficient (Wildman–Crippen LogP) is 2.66. The van der Waals surface area contributed by atoms with Crippen LogP contribution in [0, 0.1) is 0 Å². The Labute approximate surface area is 110 Å². The van der Waals surface area contributed by atoms with Crippen molar-refractivity contribution in [1.29, 1.82) is 0 Å². The van der Waals surface area contributed by atoms with Crippen LogP contribution in [0.3, 0.4) is 0 Å². The topological polar surface area (TPSA) is 52.3 Å². The van der Waals surface area contributed by atoms with E-state index in [9.17, 15) is 9.18 Å². The molecule has 1 rings (SSSR count). The van der Waals surface area contributed by atoms with E-state index in [-0.39, 0.29) is 19.0 Å². The van der Waals surface area contributed by atoms with Gasteiger partial charge in [-0.1, -0.05) is 23.7 Å². The summed E-state index contributed by atoms with van der Waals surface area (Å²) in [5, 5.41) is 0.530. The number of carbonyl (C=O) groups excluding carboxylic acids is 1. The summed E-state index contributed by atoms with van der Waals surface area (Å²) in [5.41, 5.74) is 6.11. The minimum atomic E-state index is -1.86. The van der Waals surface area contributed by atoms with Crippen molar-refractivity contribution in [3.05, 3.63) is 34.9 Å². The molecule has 1 aromatic carbocycles. The van der Waals surface area contributed by atoms with E-state index in [4.69, 9.17) is 17.3 Å². The predicted molar refractivity (Wildman–Crippen MR) is 67.2 cm³/mol. The van der Waals surface area contributed by atoms with Crippen molar-refractivity contribution in [3.63, 3.8) is 0 Å². The number of esters is 1. The van der Waals surface area contributed by atoms with Crippen LogP contribution >= 0.6 is 24.0 Å². The molecule has 0 saturated carbocycles. The lowest BCUT2D eigenvalue weighted by molar-refractivity contribution is -0.149. The zero-order valence-corrected chi connectivity index (χ0v) is 10.8. The molecule has 0 radical (unpaired) electrons. The van der Waals surface area contributed by atoms with E-state index in [1.165, 1.54) is 0 Å². The van der Waals surface area contributed by atoms with E-state index in [2.05, 4.69) is 4.74 Å². The second kappa shape index (κ2) is 7.48. The molecular formula is C11H14Cl2FNO2. The molecule has 1 aromatic rings. The first-order valence-corrected chi connectivity index (χ1v) is 5.25. The van der Waals surface area contributed by atoms with Gasteiger partial charge in [-0.3, -0.25) is 0 Å². The molecule has 1 unspecified atom stereocenters. The minimum absolute atomic E-state index is 0. The van der Waals surface area contributed by atoms with Gasteiger partial charge >= 0.3 is 5.97 Å². The van der Waals surface area contributed by atoms with Crippen molar-refractivity contribution in [2.45, 2.75) is 19.1 Å². The maximum absolute atomic E-state index is 13.5. The summed E-state index contributed by atoms with van der Waals surface area (Å²) in [6.07, 6.45) is -1.86. The number of hydrogen-bond acceptors (Lipinski definition) is 3. The number of alkyl halides is 1. The lowest BCUT2D eigenvalue weighted by atomic mass is 10.0. The fraction of sp³-hybridized carbons (Fsp3) is 0.364. The van der Waals surface area contributed by atoms with Crippen molar-refractivity contribution < 1.29 is 13.9 Å². The van der Waals surface area contributed by atoms with E-state index in [0.717, 1.165) is 0 Å². The van der Waals surface area contributed by atoms with Crippen LogP contribution in [0.2, 0.25) is 5.02 Å². The van der Waals surface area contributed by atoms with Gasteiger partial charge in [-0.25, -0.2) is 9.18 Å². The molecule has 2 atom stereocenters. The fourth-order valence-electron chi connectivity index (χ4n) is 1.22. The minimum Gasteiger partial charge on any atom is -0.464 e. The Kier molecular flexibility index (Phi) is 7.11. The summed E-state index contributed by atoms with van der Waals surface area (Å²) < 4.78 is 18.1. The molecule has 0 bridgehead atoms. The Hall–Kier alpha value is -0.840. The number of benzene rings is 1. The normalized spacial score (nSPS) is 13.4. The van der Waals surface area contributed by atoms with Gasteiger partial charge in [0.1, 0.15) is 0 Å². The molecule has 17 heavy (non-hydrogen) atoms. The number of hydrogen-bond donors (Lipinski definition) is 1. The van der Waals surface area contributed by atoms with Crippen molar-refractivity contribution >= 4 is 30.0 Å². The van der Waals surface area contributed by atoms with E-state index in [1.807, 2.05) is 0 Å². The van der Waals surface area contributed by atoms with Gasteiger partial charge in [-0.05, 0) is 24.6 Å². The average molecular weight is 282 g/mol. The maximum Gasteiger partial charge on any atom is 0.342 e. The summed E-state index contributed by atoms with van der Waals surface area (Å²) in [5.74, 6) is -0.940. The van der Waals surface area contributed by atoms with Gasteiger partial charge in [0.25, 0.3) is 0 Å². The molecule has 0 amide bonds. The highest BCUT2D eigenvalue weighted by Crippen LogP contribution is 2.20. The molecule has 3 nitrogen and oxygen atoms in total. The molecule has 2 N–H and O–H groups in total. The van der Waals surface area contributed by atoms with E-state index in [0.29, 0.717) is 10.6 Å². The van der Waals surface area contributed by atoms with Gasteiger partial charge in [0.15, 0.2) is 0 Å². The van der Waals surface area contributed by atoms with E-state index in [1.54, 1.807) is 31.2 Å². The third kappa shape index (κ3) is 4.50. The lowest BCUT2D eigenvalue weighted by Gasteiger charge is -2.15. The first-order valence-electron chi connectivity index (χ1n) is 4.88. The van der Waals surface area contributed by atoms with Crippen molar-refractivity contribution in [1.82, 2.24) is 0 Å². The average Bonchev–Trinajstić information content (AvgIpc) is 2.28. The van der Waals surface area contributed by atoms with Crippen LogP contribution in [0.4, 0.5) is 4.39 Å². The molecule has 6 heteroatoms. The van der Waals surface area contributed by atoms with Crippen molar-refractivity contribution in [2.24, 2.45) is 5.73 Å². The quantitative estimate of drug-likeness (QED) is 0.864. The van der Waals surface area contributed by atoms with Gasteiger partial charge in [0, 0.05) is 5.02 Å². The zero-order valence-electron chi connectivity index (χ0n) is 9.23. The molecule has 0 aromatic heterocycles. The van der Waals surface area contributed by atoms with Gasteiger partial charge < -0.3 is 10.5 Å². The van der Waals surface area contributed by atoms with Crippen molar-refractivity contribution in [2.75, 3.05) is 6.61 Å². The summed E-state index contributed by atoms with van der Waals surface area (Å²) in [7, 11) is 0. The molecule has 0 saturated heterocycles. The Morgan fingerprint density at radius 3 is 2.47 bits per heavy atom. The van der Waals surface area contributed by atoms with Gasteiger partial charge in [-0.2, -0.15) is 0 Å². The third-order valence-electron chi connectivity index (χ3n) is 2.08. The first kappa shape index (κ1) is 16.2. The van der Waals surface area contributed by atoms with Crippen molar-refractivity contribution in [3.8, 4) is 0 Å². The fourth-order valence-corrected chi connectivity index (χ4v) is 1.35. The van der Waals surface area contributed by atoms with Crippen LogP contribution < -0.4 is 5.73 Å². The van der Waals surface area contributed by atoms with Crippen LogP contribution in [0.1, 0.15) is 18.5 Å². The van der Waals surface area contributed by atoms with Crippen LogP contribution in [0.25, 0.3) is 0 Å². The van der Waals surface area contributed by atoms with Gasteiger partial charge in [-0.15, -0.1) is 12.4 Å². The van der Waals surface area contributed by atoms with Crippen LogP contribution in [0.5, 0.6) is 0 Å². The third-order valence-corrected chi connectivity index (χ3v) is 2.33. The number of carbonyl (C=O) groups is 1. The smallest absolute Gasteiger partial charge is 0.342 e. The van der Waals surface area contributed by atoms with Crippen LogP contribution in [-0.4, -0.2) is 18.7 Å². The van der Waals surface area contributed by atoms with Crippen LogP contribution in [-0.2, 0) is 9.53 Å². The SMILES string of the molecule is CCOC(=O)C(F)[C@@H](N)c1ccc(Cl)cc1.Cl. The Morgan fingerprint density at radius 2 is 2.00 bits per heavy atom. The summed E-state index contributed by atoms with van der Waals surface area (Å²) in [6, 6.07) is 5.32. The Bertz CT molecular complexity index is 359. The highest BCUT2D eigenvalue weighted by atomic mass is 35.5. The molecule has 0 aliphatic heterocycles. The molecule has 0 aliphatic rings. The summed E-state index contributed by atoms with van der Waals surface area (Å²) >= 11 is 5.68. The molecule has 0 fully saturated rings. The summed E-state index contributed by atoms with van der Waals surface area (Å²) in [4.78, 5) is 11.1. The van der Waals surface area contributed by atoms with Crippen LogP contribution in [0.15, 0.2) is 24.3 Å². The molecule has 96 valence electrons. The highest BCUT2D eigenvalue weighted by molar-refractivity contribution is 6.30. The number of rotatable bonds is 4. The summed E-state index contributed by atoms with van der Waals surface area (Å²) in [6.45, 7) is 1.74.